The van der Waals surface area contributed by atoms with Crippen molar-refractivity contribution in [3.63, 3.8) is 0 Å². The van der Waals surface area contributed by atoms with Crippen LogP contribution in [-0.4, -0.2) is 58.5 Å². The van der Waals surface area contributed by atoms with E-state index in [-0.39, 0.29) is 10.8 Å². The van der Waals surface area contributed by atoms with E-state index >= 15 is 0 Å². The molecule has 1 amide bonds. The van der Waals surface area contributed by atoms with Crippen LogP contribution in [0.25, 0.3) is 0 Å². The number of rotatable bonds is 6. The fourth-order valence-corrected chi connectivity index (χ4v) is 5.90. The first-order chi connectivity index (χ1) is 13.9. The molecule has 2 aliphatic heterocycles. The van der Waals surface area contributed by atoms with Crippen molar-refractivity contribution in [2.24, 2.45) is 5.92 Å². The molecule has 2 heterocycles. The van der Waals surface area contributed by atoms with Crippen LogP contribution in [0.5, 0.6) is 5.75 Å². The number of nitrogens with one attached hydrogen (secondary N) is 2. The minimum absolute atomic E-state index is 0.114. The molecule has 8 heteroatoms. The first-order valence-corrected chi connectivity index (χ1v) is 12.2. The molecule has 29 heavy (non-hydrogen) atoms. The van der Waals surface area contributed by atoms with E-state index in [9.17, 15) is 13.2 Å². The largest absolute Gasteiger partial charge is 0.495 e. The third kappa shape index (κ3) is 5.71. The van der Waals surface area contributed by atoms with Crippen LogP contribution < -0.4 is 15.0 Å². The number of ether oxygens (including phenoxy) is 1. The average molecular weight is 425 g/mol. The highest BCUT2D eigenvalue weighted by Gasteiger charge is 2.27. The summed E-state index contributed by atoms with van der Waals surface area (Å²) < 4.78 is 33.1. The van der Waals surface area contributed by atoms with Crippen molar-refractivity contribution >= 4 is 21.6 Å². The second-order valence-electron chi connectivity index (χ2n) is 8.36. The molecule has 2 saturated heterocycles. The van der Waals surface area contributed by atoms with Gasteiger partial charge in [0.25, 0.3) is 5.91 Å². The fourth-order valence-electron chi connectivity index (χ4n) is 4.36. The molecule has 162 valence electrons. The molecule has 3 rings (SSSR count). The molecular formula is C21H34N3O4S+. The highest BCUT2D eigenvalue weighted by molar-refractivity contribution is 7.89. The monoisotopic (exact) mass is 424 g/mol. The lowest BCUT2D eigenvalue weighted by Crippen LogP contribution is -3.14. The molecule has 0 aromatic heterocycles. The molecule has 0 radical (unpaired) electrons. The van der Waals surface area contributed by atoms with Gasteiger partial charge >= 0.3 is 0 Å². The summed E-state index contributed by atoms with van der Waals surface area (Å²) in [7, 11) is -2.06. The van der Waals surface area contributed by atoms with Gasteiger partial charge < -0.3 is 15.0 Å². The molecule has 0 spiro atoms. The zero-order valence-electron chi connectivity index (χ0n) is 17.6. The Kier molecular flexibility index (Phi) is 7.54. The number of hydrogen-bond donors (Lipinski definition) is 2. The number of carbonyl (C=O) groups excluding carboxylic acids is 1. The van der Waals surface area contributed by atoms with Crippen molar-refractivity contribution in [3.8, 4) is 5.75 Å². The van der Waals surface area contributed by atoms with Crippen molar-refractivity contribution in [2.75, 3.05) is 45.2 Å². The number of quaternary nitrogens is 1. The van der Waals surface area contributed by atoms with Gasteiger partial charge in [-0.15, -0.1) is 0 Å². The standard InChI is InChI=1S/C21H33N3O4S/c1-17-8-7-11-23(15-17)16-21(25)22-19-14-18(9-10-20(19)28-2)29(26,27)24-12-5-3-4-6-13-24/h9-10,14,17H,3-8,11-13,15-16H2,1-2H3,(H,22,25)/p+1/t17-/m1/s1. The quantitative estimate of drug-likeness (QED) is 0.726. The van der Waals surface area contributed by atoms with Gasteiger partial charge in [-0.2, -0.15) is 4.31 Å². The maximum atomic E-state index is 13.1. The first-order valence-electron chi connectivity index (χ1n) is 10.7. The van der Waals surface area contributed by atoms with Gasteiger partial charge in [0.15, 0.2) is 6.54 Å². The highest BCUT2D eigenvalue weighted by Crippen LogP contribution is 2.29. The van der Waals surface area contributed by atoms with E-state index in [2.05, 4.69) is 12.2 Å². The van der Waals surface area contributed by atoms with Crippen LogP contribution in [0.3, 0.4) is 0 Å². The van der Waals surface area contributed by atoms with E-state index in [0.717, 1.165) is 45.2 Å². The Balaban J connectivity index is 1.75. The molecule has 2 N–H and O–H groups in total. The van der Waals surface area contributed by atoms with E-state index in [1.807, 2.05) is 0 Å². The lowest BCUT2D eigenvalue weighted by Gasteiger charge is -2.27. The van der Waals surface area contributed by atoms with Crippen molar-refractivity contribution in [2.45, 2.75) is 50.3 Å². The Hall–Kier alpha value is -1.64. The van der Waals surface area contributed by atoms with E-state index in [1.165, 1.54) is 24.5 Å². The lowest BCUT2D eigenvalue weighted by atomic mass is 10.0. The van der Waals surface area contributed by atoms with Crippen LogP contribution in [0, 0.1) is 5.92 Å². The number of benzene rings is 1. The number of likely N-dealkylation sites (tertiary alicyclic amines) is 1. The summed E-state index contributed by atoms with van der Waals surface area (Å²) in [6.07, 6.45) is 6.25. The molecule has 1 aromatic rings. The van der Waals surface area contributed by atoms with E-state index in [1.54, 1.807) is 16.4 Å². The number of amides is 1. The van der Waals surface area contributed by atoms with Gasteiger partial charge in [-0.05, 0) is 43.9 Å². The highest BCUT2D eigenvalue weighted by atomic mass is 32.2. The number of methoxy groups -OCH3 is 1. The van der Waals surface area contributed by atoms with Gasteiger partial charge in [-0.3, -0.25) is 4.79 Å². The second-order valence-corrected chi connectivity index (χ2v) is 10.3. The number of sulfonamides is 1. The normalized spacial score (nSPS) is 23.9. The number of carbonyl (C=O) groups is 1. The van der Waals surface area contributed by atoms with Gasteiger partial charge in [0.2, 0.25) is 10.0 Å². The minimum Gasteiger partial charge on any atom is -0.495 e. The minimum atomic E-state index is -3.58. The van der Waals surface area contributed by atoms with Gasteiger partial charge in [0.05, 0.1) is 30.8 Å². The maximum absolute atomic E-state index is 13.1. The Morgan fingerprint density at radius 3 is 2.59 bits per heavy atom. The Morgan fingerprint density at radius 2 is 1.93 bits per heavy atom. The third-order valence-corrected chi connectivity index (χ3v) is 7.82. The van der Waals surface area contributed by atoms with Gasteiger partial charge in [-0.25, -0.2) is 8.42 Å². The predicted octanol–water partition coefficient (Wildman–Crippen LogP) is 1.51. The molecule has 0 saturated carbocycles. The summed E-state index contributed by atoms with van der Waals surface area (Å²) in [5.74, 6) is 0.982. The zero-order chi connectivity index (χ0) is 20.9. The summed E-state index contributed by atoms with van der Waals surface area (Å²) in [6.45, 7) is 5.69. The average Bonchev–Trinajstić information content (AvgIpc) is 2.98. The predicted molar refractivity (Wildman–Crippen MR) is 113 cm³/mol. The van der Waals surface area contributed by atoms with Crippen LogP contribution in [-0.2, 0) is 14.8 Å². The van der Waals surface area contributed by atoms with Crippen LogP contribution in [0.1, 0.15) is 45.4 Å². The van der Waals surface area contributed by atoms with Crippen LogP contribution in [0.15, 0.2) is 23.1 Å². The molecule has 0 aliphatic carbocycles. The molecule has 1 unspecified atom stereocenters. The molecule has 1 aromatic carbocycles. The van der Waals surface area contributed by atoms with Crippen LogP contribution >= 0.6 is 0 Å². The number of anilines is 1. The molecule has 2 atom stereocenters. The van der Waals surface area contributed by atoms with Crippen LogP contribution in [0.2, 0.25) is 0 Å². The van der Waals surface area contributed by atoms with Crippen LogP contribution in [0.4, 0.5) is 5.69 Å². The van der Waals surface area contributed by atoms with E-state index < -0.39 is 10.0 Å². The lowest BCUT2D eigenvalue weighted by molar-refractivity contribution is -0.900. The summed E-state index contributed by atoms with van der Waals surface area (Å²) in [5.41, 5.74) is 0.415. The summed E-state index contributed by atoms with van der Waals surface area (Å²) >= 11 is 0. The molecule has 0 bridgehead atoms. The Bertz CT molecular complexity index is 804. The summed E-state index contributed by atoms with van der Waals surface area (Å²) in [6, 6.07) is 4.72. The number of hydrogen-bond acceptors (Lipinski definition) is 4. The van der Waals surface area contributed by atoms with Crippen molar-refractivity contribution < 1.29 is 22.8 Å². The van der Waals surface area contributed by atoms with E-state index in [4.69, 9.17) is 4.74 Å². The van der Waals surface area contributed by atoms with E-state index in [0.29, 0.717) is 37.0 Å². The fraction of sp³-hybridized carbons (Fsp3) is 0.667. The SMILES string of the molecule is COc1ccc(S(=O)(=O)N2CCCCCC2)cc1NC(=O)C[NH+]1CCC[C@@H](C)C1. The maximum Gasteiger partial charge on any atom is 0.279 e. The summed E-state index contributed by atoms with van der Waals surface area (Å²) in [5, 5.41) is 2.88. The number of piperidine rings is 1. The Morgan fingerprint density at radius 1 is 1.21 bits per heavy atom. The van der Waals surface area contributed by atoms with Gasteiger partial charge in [0, 0.05) is 19.0 Å². The van der Waals surface area contributed by atoms with Gasteiger partial charge in [-0.1, -0.05) is 19.8 Å². The summed E-state index contributed by atoms with van der Waals surface area (Å²) in [4.78, 5) is 14.1. The van der Waals surface area contributed by atoms with Crippen molar-refractivity contribution in [1.29, 1.82) is 0 Å². The zero-order valence-corrected chi connectivity index (χ0v) is 18.4. The molecule has 7 nitrogen and oxygen atoms in total. The number of nitrogens with zero attached hydrogens (tertiary/aromatic N) is 1. The third-order valence-electron chi connectivity index (χ3n) is 5.92. The van der Waals surface area contributed by atoms with Crippen molar-refractivity contribution in [3.05, 3.63) is 18.2 Å². The smallest absolute Gasteiger partial charge is 0.279 e. The molecule has 2 fully saturated rings. The Labute approximate surface area is 174 Å². The second kappa shape index (κ2) is 9.91. The van der Waals surface area contributed by atoms with Crippen molar-refractivity contribution in [1.82, 2.24) is 4.31 Å². The molecule has 2 aliphatic rings. The van der Waals surface area contributed by atoms with Gasteiger partial charge in [0.1, 0.15) is 5.75 Å². The molecular weight excluding hydrogens is 390 g/mol. The first kappa shape index (κ1) is 22.1. The topological polar surface area (TPSA) is 80.2 Å².